The molecule has 1 N–H and O–H groups in total. The Morgan fingerprint density at radius 3 is 2.23 bits per heavy atom. The molecule has 4 fully saturated rings. The summed E-state index contributed by atoms with van der Waals surface area (Å²) >= 11 is 6.35. The van der Waals surface area contributed by atoms with Crippen LogP contribution in [0.1, 0.15) is 56.6 Å². The Hall–Kier alpha value is -1.71. The summed E-state index contributed by atoms with van der Waals surface area (Å²) in [4.78, 5) is 0. The normalized spacial score (nSPS) is 29.2. The molecule has 0 heterocycles. The van der Waals surface area contributed by atoms with Gasteiger partial charge in [-0.2, -0.15) is 0 Å². The van der Waals surface area contributed by atoms with Crippen molar-refractivity contribution in [2.24, 2.45) is 17.8 Å². The highest BCUT2D eigenvalue weighted by molar-refractivity contribution is 6.31. The Kier molecular flexibility index (Phi) is 5.68. The first kappa shape index (κ1) is 20.2. The molecule has 0 spiro atoms. The largest absolute Gasteiger partial charge is 0.490 e. The minimum atomic E-state index is 0.330. The van der Waals surface area contributed by atoms with E-state index in [1.165, 1.54) is 44.1 Å². The number of ether oxygens (including phenoxy) is 2. The smallest absolute Gasteiger partial charge is 0.166 e. The van der Waals surface area contributed by atoms with Crippen LogP contribution in [0.25, 0.3) is 0 Å². The fraction of sp³-hybridized carbons (Fsp3) is 0.538. The number of para-hydroxylation sites is 1. The van der Waals surface area contributed by atoms with Gasteiger partial charge in [0, 0.05) is 28.2 Å². The summed E-state index contributed by atoms with van der Waals surface area (Å²) in [7, 11) is 0. The van der Waals surface area contributed by atoms with E-state index in [2.05, 4.69) is 17.4 Å². The fourth-order valence-electron chi connectivity index (χ4n) is 6.51. The van der Waals surface area contributed by atoms with E-state index in [0.717, 1.165) is 46.4 Å². The molecular weight excluding hydrogens is 394 g/mol. The van der Waals surface area contributed by atoms with E-state index in [0.29, 0.717) is 18.8 Å². The van der Waals surface area contributed by atoms with E-state index in [1.54, 1.807) is 0 Å². The Morgan fingerprint density at radius 1 is 0.900 bits per heavy atom. The Morgan fingerprint density at radius 2 is 1.57 bits per heavy atom. The first-order chi connectivity index (χ1) is 14.6. The average molecular weight is 426 g/mol. The van der Waals surface area contributed by atoms with Crippen LogP contribution in [0.15, 0.2) is 42.5 Å². The van der Waals surface area contributed by atoms with E-state index < -0.39 is 0 Å². The molecule has 0 amide bonds. The van der Waals surface area contributed by atoms with Gasteiger partial charge in [-0.25, -0.2) is 0 Å². The molecule has 4 bridgehead atoms. The highest BCUT2D eigenvalue weighted by Gasteiger charge is 2.50. The summed E-state index contributed by atoms with van der Waals surface area (Å²) in [5.74, 6) is 4.48. The third kappa shape index (κ3) is 4.07. The fourth-order valence-corrected chi connectivity index (χ4v) is 6.70. The summed E-state index contributed by atoms with van der Waals surface area (Å²) in [5, 5.41) is 4.74. The van der Waals surface area contributed by atoms with E-state index >= 15 is 0 Å². The molecule has 30 heavy (non-hydrogen) atoms. The molecule has 160 valence electrons. The van der Waals surface area contributed by atoms with Crippen molar-refractivity contribution in [3.05, 3.63) is 58.6 Å². The van der Waals surface area contributed by atoms with Gasteiger partial charge in [-0.3, -0.25) is 0 Å². The first-order valence-corrected chi connectivity index (χ1v) is 11.9. The summed E-state index contributed by atoms with van der Waals surface area (Å²) in [6, 6.07) is 14.1. The molecule has 4 aliphatic carbocycles. The summed E-state index contributed by atoms with van der Waals surface area (Å²) < 4.78 is 12.2. The number of benzene rings is 2. The quantitative estimate of drug-likeness (QED) is 0.532. The highest BCUT2D eigenvalue weighted by Crippen LogP contribution is 2.55. The van der Waals surface area contributed by atoms with Gasteiger partial charge < -0.3 is 14.8 Å². The van der Waals surface area contributed by atoms with Gasteiger partial charge in [-0.05, 0) is 75.3 Å². The van der Waals surface area contributed by atoms with Crippen molar-refractivity contribution in [3.8, 4) is 11.5 Å². The number of hydrogen-bond donors (Lipinski definition) is 1. The Balaban J connectivity index is 1.34. The van der Waals surface area contributed by atoms with Crippen molar-refractivity contribution in [1.29, 1.82) is 0 Å². The molecular formula is C26H32ClNO2. The zero-order chi connectivity index (χ0) is 20.6. The molecule has 0 saturated heterocycles. The molecule has 3 nitrogen and oxygen atoms in total. The molecule has 2 aromatic rings. The lowest BCUT2D eigenvalue weighted by Crippen LogP contribution is -2.58. The maximum absolute atomic E-state index is 6.35. The van der Waals surface area contributed by atoms with Crippen LogP contribution in [0.3, 0.4) is 0 Å². The molecule has 0 aromatic heterocycles. The molecule has 2 aromatic carbocycles. The monoisotopic (exact) mass is 425 g/mol. The zero-order valence-electron chi connectivity index (χ0n) is 17.8. The molecule has 0 aliphatic heterocycles. The van der Waals surface area contributed by atoms with Gasteiger partial charge in [-0.1, -0.05) is 41.9 Å². The second kappa shape index (κ2) is 8.43. The van der Waals surface area contributed by atoms with Crippen molar-refractivity contribution >= 4 is 11.6 Å². The SMILES string of the molecule is CCOc1cccc(CNC23CC4CC(CC(C4)C2)C3)c1OCc1ccccc1Cl. The van der Waals surface area contributed by atoms with Crippen molar-refractivity contribution in [2.75, 3.05) is 6.61 Å². The number of hydrogen-bond acceptors (Lipinski definition) is 3. The number of nitrogens with one attached hydrogen (secondary N) is 1. The van der Waals surface area contributed by atoms with Gasteiger partial charge in [0.15, 0.2) is 11.5 Å². The molecule has 0 radical (unpaired) electrons. The molecule has 0 atom stereocenters. The lowest BCUT2D eigenvalue weighted by molar-refractivity contribution is -0.0206. The lowest BCUT2D eigenvalue weighted by Gasteiger charge is -2.57. The number of rotatable bonds is 8. The first-order valence-electron chi connectivity index (χ1n) is 11.5. The van der Waals surface area contributed by atoms with Crippen LogP contribution in [-0.2, 0) is 13.2 Å². The van der Waals surface area contributed by atoms with Crippen molar-refractivity contribution < 1.29 is 9.47 Å². The van der Waals surface area contributed by atoms with Crippen LogP contribution in [0.2, 0.25) is 5.02 Å². The van der Waals surface area contributed by atoms with E-state index in [9.17, 15) is 0 Å². The van der Waals surface area contributed by atoms with Crippen LogP contribution < -0.4 is 14.8 Å². The van der Waals surface area contributed by atoms with Crippen molar-refractivity contribution in [1.82, 2.24) is 5.32 Å². The van der Waals surface area contributed by atoms with Crippen LogP contribution in [0, 0.1) is 17.8 Å². The van der Waals surface area contributed by atoms with Crippen LogP contribution in [0.5, 0.6) is 11.5 Å². The van der Waals surface area contributed by atoms with Crippen LogP contribution >= 0.6 is 11.6 Å². The summed E-state index contributed by atoms with van der Waals surface area (Å²) in [5.41, 5.74) is 2.49. The molecule has 4 saturated carbocycles. The minimum absolute atomic E-state index is 0.330. The standard InChI is InChI=1S/C26H32ClNO2/c1-2-29-24-9-5-7-21(25(24)30-17-22-6-3-4-8-23(22)27)16-28-26-13-18-10-19(14-26)12-20(11-18)15-26/h3-9,18-20,28H,2,10-17H2,1H3. The third-order valence-electron chi connectivity index (χ3n) is 7.38. The van der Waals surface area contributed by atoms with Gasteiger partial charge in [0.1, 0.15) is 6.61 Å². The Labute approximate surface area is 185 Å². The molecule has 4 heteroatoms. The second-order valence-electron chi connectivity index (χ2n) is 9.61. The van der Waals surface area contributed by atoms with Gasteiger partial charge in [0.25, 0.3) is 0 Å². The van der Waals surface area contributed by atoms with Gasteiger partial charge in [-0.15, -0.1) is 0 Å². The van der Waals surface area contributed by atoms with Gasteiger partial charge in [0.2, 0.25) is 0 Å². The summed E-state index contributed by atoms with van der Waals surface area (Å²) in [6.07, 6.45) is 8.44. The van der Waals surface area contributed by atoms with E-state index in [4.69, 9.17) is 21.1 Å². The topological polar surface area (TPSA) is 30.5 Å². The predicted octanol–water partition coefficient (Wildman–Crippen LogP) is 6.38. The van der Waals surface area contributed by atoms with E-state index in [1.807, 2.05) is 37.3 Å². The Bertz CT molecular complexity index is 861. The van der Waals surface area contributed by atoms with Gasteiger partial charge in [0.05, 0.1) is 6.61 Å². The maximum Gasteiger partial charge on any atom is 0.166 e. The second-order valence-corrected chi connectivity index (χ2v) is 10.0. The van der Waals surface area contributed by atoms with Crippen LogP contribution in [-0.4, -0.2) is 12.1 Å². The number of halogens is 1. The highest BCUT2D eigenvalue weighted by atomic mass is 35.5. The molecule has 4 aliphatic rings. The third-order valence-corrected chi connectivity index (χ3v) is 7.75. The molecule has 0 unspecified atom stereocenters. The minimum Gasteiger partial charge on any atom is -0.490 e. The average Bonchev–Trinajstić information content (AvgIpc) is 2.72. The van der Waals surface area contributed by atoms with Crippen molar-refractivity contribution in [3.63, 3.8) is 0 Å². The summed E-state index contributed by atoms with van der Waals surface area (Å²) in [6.45, 7) is 3.89. The van der Waals surface area contributed by atoms with Crippen molar-refractivity contribution in [2.45, 2.75) is 64.1 Å². The molecule has 6 rings (SSSR count). The van der Waals surface area contributed by atoms with Crippen LogP contribution in [0.4, 0.5) is 0 Å². The maximum atomic E-state index is 6.35. The lowest BCUT2D eigenvalue weighted by atomic mass is 9.53. The zero-order valence-corrected chi connectivity index (χ0v) is 18.6. The predicted molar refractivity (Wildman–Crippen MR) is 121 cm³/mol. The van der Waals surface area contributed by atoms with Gasteiger partial charge >= 0.3 is 0 Å². The van der Waals surface area contributed by atoms with E-state index in [-0.39, 0.29) is 0 Å².